The molecule has 3 aromatic rings. The molecule has 168 valence electrons. The molecule has 12 heteroatoms. The van der Waals surface area contributed by atoms with Gasteiger partial charge >= 0.3 is 0 Å². The van der Waals surface area contributed by atoms with Gasteiger partial charge in [0.2, 0.25) is 0 Å². The molecule has 1 aromatic carbocycles. The molecule has 1 N–H and O–H groups in total. The molecule has 6 nitrogen and oxygen atoms in total. The Morgan fingerprint density at radius 2 is 1.94 bits per heavy atom. The number of halogens is 4. The number of rotatable bonds is 5. The van der Waals surface area contributed by atoms with Crippen molar-refractivity contribution < 1.29 is 26.4 Å². The summed E-state index contributed by atoms with van der Waals surface area (Å²) in [6.07, 6.45) is 2.33. The number of carbonyl (C=O) groups excluding carboxylic acids is 1. The first-order valence-corrected chi connectivity index (χ1v) is 12.3. The van der Waals surface area contributed by atoms with Gasteiger partial charge in [-0.3, -0.25) is 9.78 Å². The molecule has 1 aliphatic heterocycles. The van der Waals surface area contributed by atoms with Crippen molar-refractivity contribution in [3.63, 3.8) is 0 Å². The number of nitrogens with zero attached hydrogens (tertiary/aromatic N) is 2. The van der Waals surface area contributed by atoms with Crippen LogP contribution in [0.25, 0.3) is 11.3 Å². The largest absolute Gasteiger partial charge is 0.358 e. The monoisotopic (exact) mass is 501 g/mol. The summed E-state index contributed by atoms with van der Waals surface area (Å²) in [6, 6.07) is 6.53. The Morgan fingerprint density at radius 1 is 1.22 bits per heavy atom. The Kier molecular flexibility index (Phi) is 5.68. The Bertz CT molecular complexity index is 1320. The molecule has 0 atom stereocenters. The van der Waals surface area contributed by atoms with E-state index < -0.39 is 40.6 Å². The quantitative estimate of drug-likeness (QED) is 0.547. The number of sulfone groups is 1. The van der Waals surface area contributed by atoms with Crippen LogP contribution in [0, 0.1) is 5.82 Å². The number of hydrogen-bond donors (Lipinski definition) is 1. The Morgan fingerprint density at radius 3 is 2.56 bits per heavy atom. The van der Waals surface area contributed by atoms with Crippen molar-refractivity contribution in [2.75, 3.05) is 29.6 Å². The molecule has 0 radical (unpaired) electrons. The molecule has 1 aliphatic rings. The zero-order chi connectivity index (χ0) is 23.3. The van der Waals surface area contributed by atoms with Crippen molar-refractivity contribution in [1.82, 2.24) is 4.98 Å². The highest BCUT2D eigenvalue weighted by Crippen LogP contribution is 2.34. The molecule has 0 unspecified atom stereocenters. The minimum atomic E-state index is -3.53. The molecule has 1 saturated heterocycles. The first-order chi connectivity index (χ1) is 14.9. The highest BCUT2D eigenvalue weighted by molar-refractivity contribution is 7.90. The smallest absolute Gasteiger partial charge is 0.282 e. The summed E-state index contributed by atoms with van der Waals surface area (Å²) < 4.78 is 64.1. The molecule has 1 amide bonds. The second-order valence-electron chi connectivity index (χ2n) is 7.34. The van der Waals surface area contributed by atoms with Gasteiger partial charge in [-0.2, -0.15) is 0 Å². The average molecular weight is 502 g/mol. The van der Waals surface area contributed by atoms with Gasteiger partial charge in [-0.05, 0) is 24.3 Å². The molecule has 1 fully saturated rings. The second kappa shape index (κ2) is 8.05. The van der Waals surface area contributed by atoms with Crippen molar-refractivity contribution in [3.8, 4) is 11.3 Å². The van der Waals surface area contributed by atoms with Gasteiger partial charge in [0.25, 0.3) is 11.8 Å². The van der Waals surface area contributed by atoms with Crippen molar-refractivity contribution in [3.05, 3.63) is 57.6 Å². The molecule has 0 saturated carbocycles. The summed E-state index contributed by atoms with van der Waals surface area (Å²) in [7, 11) is -3.53. The Labute approximate surface area is 190 Å². The molecule has 0 spiro atoms. The predicted molar refractivity (Wildman–Crippen MR) is 117 cm³/mol. The Hall–Kier alpha value is -2.63. The molecule has 0 aliphatic carbocycles. The van der Waals surface area contributed by atoms with E-state index in [1.807, 2.05) is 0 Å². The van der Waals surface area contributed by atoms with Crippen molar-refractivity contribution in [1.29, 1.82) is 0 Å². The number of benzene rings is 1. The van der Waals surface area contributed by atoms with Crippen LogP contribution in [0.4, 0.5) is 24.5 Å². The lowest BCUT2D eigenvalue weighted by molar-refractivity contribution is -0.0263. The van der Waals surface area contributed by atoms with Crippen LogP contribution in [0.3, 0.4) is 0 Å². The van der Waals surface area contributed by atoms with Gasteiger partial charge in [-0.15, -0.1) is 11.3 Å². The van der Waals surface area contributed by atoms with Crippen LogP contribution in [-0.4, -0.2) is 44.6 Å². The van der Waals surface area contributed by atoms with E-state index in [9.17, 15) is 26.4 Å². The van der Waals surface area contributed by atoms with Crippen LogP contribution in [0.5, 0.6) is 0 Å². The van der Waals surface area contributed by atoms with Gasteiger partial charge < -0.3 is 10.2 Å². The fourth-order valence-electron chi connectivity index (χ4n) is 3.13. The van der Waals surface area contributed by atoms with E-state index >= 15 is 0 Å². The number of pyridine rings is 1. The van der Waals surface area contributed by atoms with Crippen molar-refractivity contribution >= 4 is 50.1 Å². The zero-order valence-corrected chi connectivity index (χ0v) is 18.8. The third kappa shape index (κ3) is 4.74. The first-order valence-electron chi connectivity index (χ1n) is 9.10. The maximum absolute atomic E-state index is 14.6. The van der Waals surface area contributed by atoms with Crippen LogP contribution in [0.1, 0.15) is 9.67 Å². The van der Waals surface area contributed by atoms with Gasteiger partial charge in [-0.1, -0.05) is 11.6 Å². The normalized spacial score (nSPS) is 15.3. The molecular weight excluding hydrogens is 487 g/mol. The van der Waals surface area contributed by atoms with E-state index in [0.29, 0.717) is 5.56 Å². The van der Waals surface area contributed by atoms with E-state index in [1.165, 1.54) is 40.7 Å². The van der Waals surface area contributed by atoms with E-state index in [1.54, 1.807) is 0 Å². The van der Waals surface area contributed by atoms with E-state index in [0.717, 1.165) is 23.7 Å². The molecule has 2 aromatic heterocycles. The Balaban J connectivity index is 1.52. The summed E-state index contributed by atoms with van der Waals surface area (Å²) in [5.74, 6) is -4.02. The van der Waals surface area contributed by atoms with E-state index in [-0.39, 0.29) is 31.9 Å². The highest BCUT2D eigenvalue weighted by Gasteiger charge is 2.44. The van der Waals surface area contributed by atoms with E-state index in [4.69, 9.17) is 11.6 Å². The van der Waals surface area contributed by atoms with Crippen LogP contribution < -0.4 is 10.2 Å². The summed E-state index contributed by atoms with van der Waals surface area (Å²) in [4.78, 5) is 18.1. The zero-order valence-electron chi connectivity index (χ0n) is 16.4. The number of aromatic nitrogens is 1. The number of alkyl halides is 2. The summed E-state index contributed by atoms with van der Waals surface area (Å²) >= 11 is 6.99. The maximum atomic E-state index is 14.6. The van der Waals surface area contributed by atoms with E-state index in [2.05, 4.69) is 10.3 Å². The van der Waals surface area contributed by atoms with Crippen LogP contribution >= 0.6 is 22.9 Å². The van der Waals surface area contributed by atoms with Gasteiger partial charge in [-0.25, -0.2) is 21.6 Å². The van der Waals surface area contributed by atoms with Crippen LogP contribution in [0.2, 0.25) is 5.02 Å². The minimum absolute atomic E-state index is 0.0153. The number of thiophene rings is 1. The number of carbonyl (C=O) groups is 1. The van der Waals surface area contributed by atoms with Gasteiger partial charge in [0.1, 0.15) is 5.69 Å². The molecule has 4 rings (SSSR count). The molecule has 3 heterocycles. The topological polar surface area (TPSA) is 79.4 Å². The minimum Gasteiger partial charge on any atom is -0.358 e. The SMILES string of the molecule is CS(=O)(=O)c1cc(Cl)cc(NC(=O)c2cc(-c3ncc(N4CC(F)(F)C4)cc3F)cs2)c1. The number of anilines is 2. The van der Waals surface area contributed by atoms with Gasteiger partial charge in [0.05, 0.1) is 34.7 Å². The molecular formula is C20H15ClF3N3O3S2. The first kappa shape index (κ1) is 22.6. The van der Waals surface area contributed by atoms with Crippen LogP contribution in [-0.2, 0) is 9.84 Å². The summed E-state index contributed by atoms with van der Waals surface area (Å²) in [6.45, 7) is -0.971. The predicted octanol–water partition coefficient (Wildman–Crippen LogP) is 4.71. The lowest BCUT2D eigenvalue weighted by Gasteiger charge is -2.40. The number of hydrogen-bond acceptors (Lipinski definition) is 6. The third-order valence-corrected chi connectivity index (χ3v) is 6.93. The number of nitrogens with one attached hydrogen (secondary N) is 1. The molecule has 0 bridgehead atoms. The van der Waals surface area contributed by atoms with Crippen molar-refractivity contribution in [2.45, 2.75) is 10.8 Å². The second-order valence-corrected chi connectivity index (χ2v) is 10.7. The van der Waals surface area contributed by atoms with Crippen LogP contribution in [0.15, 0.2) is 46.8 Å². The maximum Gasteiger partial charge on any atom is 0.282 e. The standard InChI is InChI=1S/C20H15ClF3N3O3S2/c1-32(29,30)15-4-12(21)3-13(5-15)26-19(28)17-2-11(8-31-17)18-16(22)6-14(7-25-18)27-9-20(23,24)10-27/h2-8H,9-10H2,1H3,(H,26,28). The summed E-state index contributed by atoms with van der Waals surface area (Å²) in [5, 5.41) is 4.25. The lowest BCUT2D eigenvalue weighted by atomic mass is 10.1. The van der Waals surface area contributed by atoms with Gasteiger partial charge in [0.15, 0.2) is 15.7 Å². The van der Waals surface area contributed by atoms with Gasteiger partial charge in [0, 0.05) is 34.0 Å². The average Bonchev–Trinajstić information content (AvgIpc) is 3.15. The highest BCUT2D eigenvalue weighted by atomic mass is 35.5. The summed E-state index contributed by atoms with van der Waals surface area (Å²) in [5.41, 5.74) is 0.783. The molecule has 32 heavy (non-hydrogen) atoms. The third-order valence-electron chi connectivity index (χ3n) is 4.69. The fourth-order valence-corrected chi connectivity index (χ4v) is 4.90. The fraction of sp³-hybridized carbons (Fsp3) is 0.200. The van der Waals surface area contributed by atoms with Crippen molar-refractivity contribution in [2.24, 2.45) is 0 Å². The lowest BCUT2D eigenvalue weighted by Crippen LogP contribution is -2.56. The number of amides is 1.